The van der Waals surface area contributed by atoms with Gasteiger partial charge in [-0.05, 0) is 49.4 Å². The Morgan fingerprint density at radius 2 is 0.466 bits per heavy atom. The number of aliphatic hydroxyl groups is 1. The quantitative estimate of drug-likeness (QED) is 0.0222. The SMILES string of the molecule is CCC(C)CCCCCCCCCCCCCCCCCCCCC(=O)O[C@H](COC(=O)CCCCCCCCCCCCCCCCCCC(C)C)COP(=O)(O)OC[C@@H](O)COP(=O)(O)OC[C@@H](COC(=O)CCCCCCCCC(C)CC)OC(=O)CCCCCCCCCCC(C)CC. The molecule has 0 radical (unpaired) electrons. The number of ether oxygens (including phenoxy) is 4. The van der Waals surface area contributed by atoms with Crippen LogP contribution in [0.3, 0.4) is 0 Å². The summed E-state index contributed by atoms with van der Waals surface area (Å²) in [6.07, 6.45) is 61.1. The molecule has 0 aromatic carbocycles. The second-order valence-electron chi connectivity index (χ2n) is 31.4. The van der Waals surface area contributed by atoms with Gasteiger partial charge in [-0.3, -0.25) is 37.3 Å². The second-order valence-corrected chi connectivity index (χ2v) is 34.3. The number of aliphatic hydroxyl groups excluding tert-OH is 1. The third-order valence-electron chi connectivity index (χ3n) is 20.7. The van der Waals surface area contributed by atoms with Crippen molar-refractivity contribution < 1.29 is 80.2 Å². The number of esters is 4. The zero-order chi connectivity index (χ0) is 76.0. The lowest BCUT2D eigenvalue weighted by Gasteiger charge is -2.21. The molecule has 0 fully saturated rings. The van der Waals surface area contributed by atoms with Crippen LogP contribution in [0.2, 0.25) is 0 Å². The molecule has 0 amide bonds. The van der Waals surface area contributed by atoms with Crippen LogP contribution in [0.1, 0.15) is 434 Å². The number of hydrogen-bond acceptors (Lipinski definition) is 15. The Morgan fingerprint density at radius 3 is 0.689 bits per heavy atom. The van der Waals surface area contributed by atoms with Crippen molar-refractivity contribution in [3.8, 4) is 0 Å². The van der Waals surface area contributed by atoms with Gasteiger partial charge in [-0.15, -0.1) is 0 Å². The van der Waals surface area contributed by atoms with Crippen LogP contribution in [0, 0.1) is 23.7 Å². The summed E-state index contributed by atoms with van der Waals surface area (Å²) in [4.78, 5) is 73.1. The van der Waals surface area contributed by atoms with Crippen LogP contribution in [-0.4, -0.2) is 96.7 Å². The number of hydrogen-bond donors (Lipinski definition) is 3. The van der Waals surface area contributed by atoms with Gasteiger partial charge in [0.25, 0.3) is 0 Å². The van der Waals surface area contributed by atoms with Crippen LogP contribution >= 0.6 is 15.6 Å². The maximum Gasteiger partial charge on any atom is 0.472 e. The van der Waals surface area contributed by atoms with Gasteiger partial charge in [0.2, 0.25) is 0 Å². The lowest BCUT2D eigenvalue weighted by Crippen LogP contribution is -2.30. The molecular weight excluding hydrogens is 1340 g/mol. The Morgan fingerprint density at radius 1 is 0.272 bits per heavy atom. The van der Waals surface area contributed by atoms with E-state index in [0.717, 1.165) is 120 Å². The first-order chi connectivity index (χ1) is 49.7. The Balaban J connectivity index is 5.22. The smallest absolute Gasteiger partial charge is 0.462 e. The Kier molecular flexibility index (Phi) is 71.5. The molecule has 8 atom stereocenters. The van der Waals surface area contributed by atoms with Crippen molar-refractivity contribution in [2.45, 2.75) is 453 Å². The molecule has 103 heavy (non-hydrogen) atoms. The summed E-state index contributed by atoms with van der Waals surface area (Å²) < 4.78 is 68.8. The summed E-state index contributed by atoms with van der Waals surface area (Å²) in [5.74, 6) is 1.07. The number of phosphoric acid groups is 2. The highest BCUT2D eigenvalue weighted by Gasteiger charge is 2.30. The van der Waals surface area contributed by atoms with Crippen LogP contribution in [0.5, 0.6) is 0 Å². The fraction of sp³-hybridized carbons (Fsp3) is 0.952. The minimum atomic E-state index is -4.97. The van der Waals surface area contributed by atoms with Crippen LogP contribution < -0.4 is 0 Å². The molecule has 3 N–H and O–H groups in total. The van der Waals surface area contributed by atoms with E-state index < -0.39 is 97.5 Å². The second kappa shape index (κ2) is 72.9. The van der Waals surface area contributed by atoms with Gasteiger partial charge in [-0.1, -0.05) is 383 Å². The zero-order valence-corrected chi connectivity index (χ0v) is 69.7. The van der Waals surface area contributed by atoms with Crippen molar-refractivity contribution in [1.29, 1.82) is 0 Å². The van der Waals surface area contributed by atoms with Gasteiger partial charge in [0.05, 0.1) is 26.4 Å². The first kappa shape index (κ1) is 101. The molecule has 0 aliphatic heterocycles. The monoisotopic (exact) mass is 1510 g/mol. The Labute approximate surface area is 632 Å². The van der Waals surface area contributed by atoms with Gasteiger partial charge in [-0.25, -0.2) is 9.13 Å². The number of carbonyl (C=O) groups is 4. The van der Waals surface area contributed by atoms with E-state index in [-0.39, 0.29) is 25.7 Å². The molecule has 5 unspecified atom stereocenters. The van der Waals surface area contributed by atoms with Crippen LogP contribution in [0.25, 0.3) is 0 Å². The average Bonchev–Trinajstić information content (AvgIpc) is 0.926. The van der Waals surface area contributed by atoms with Gasteiger partial charge >= 0.3 is 39.5 Å². The standard InChI is InChI=1S/C84H164O17P2/c1-9-75(6)61-53-45-37-31-27-23-19-14-12-13-15-21-25-29-33-40-50-58-66-83(88)100-79(70-94-81(86)64-56-48-39-32-28-24-20-17-16-18-22-26-30-36-44-52-60-74(4)5)72-98-102(90,91)96-68-78(85)69-97-103(92,93)99-73-80(71-95-82(87)65-57-49-43-42-47-55-63-77(8)11-3)101-84(89)67-59-51-41-35-34-38-46-54-62-76(7)10-2/h74-80,85H,9-73H2,1-8H3,(H,90,91)(H,92,93)/t75?,76?,77?,78-,79-,80-/m1/s1. The van der Waals surface area contributed by atoms with E-state index in [9.17, 15) is 43.2 Å². The van der Waals surface area contributed by atoms with Crippen LogP contribution in [-0.2, 0) is 65.4 Å². The van der Waals surface area contributed by atoms with Crippen molar-refractivity contribution >= 4 is 39.5 Å². The minimum absolute atomic E-state index is 0.104. The maximum atomic E-state index is 13.1. The molecule has 0 bridgehead atoms. The topological polar surface area (TPSA) is 237 Å². The molecule has 0 aromatic heterocycles. The first-order valence-electron chi connectivity index (χ1n) is 43.3. The summed E-state index contributed by atoms with van der Waals surface area (Å²) in [5, 5.41) is 10.7. The van der Waals surface area contributed by atoms with E-state index >= 15 is 0 Å². The highest BCUT2D eigenvalue weighted by atomic mass is 31.2. The van der Waals surface area contributed by atoms with Gasteiger partial charge in [0.15, 0.2) is 12.2 Å². The third-order valence-corrected chi connectivity index (χ3v) is 22.6. The molecule has 0 aliphatic rings. The van der Waals surface area contributed by atoms with E-state index in [0.29, 0.717) is 25.7 Å². The number of carbonyl (C=O) groups excluding carboxylic acids is 4. The highest BCUT2D eigenvalue weighted by Crippen LogP contribution is 2.45. The summed E-state index contributed by atoms with van der Waals surface area (Å²) in [6, 6.07) is 0. The highest BCUT2D eigenvalue weighted by molar-refractivity contribution is 7.47. The number of unbranched alkanes of at least 4 members (excludes halogenated alkanes) is 44. The van der Waals surface area contributed by atoms with Crippen molar-refractivity contribution in [3.05, 3.63) is 0 Å². The van der Waals surface area contributed by atoms with Crippen molar-refractivity contribution in [2.24, 2.45) is 23.7 Å². The molecule has 0 rings (SSSR count). The average molecular weight is 1510 g/mol. The molecule has 0 spiro atoms. The fourth-order valence-corrected chi connectivity index (χ4v) is 14.4. The third kappa shape index (κ3) is 74.0. The molecule has 612 valence electrons. The Hall–Kier alpha value is -1.94. The predicted molar refractivity (Wildman–Crippen MR) is 423 cm³/mol. The fourth-order valence-electron chi connectivity index (χ4n) is 12.9. The molecule has 19 heteroatoms. The van der Waals surface area contributed by atoms with Crippen molar-refractivity contribution in [2.75, 3.05) is 39.6 Å². The Bertz CT molecular complexity index is 2010. The molecule has 0 aromatic rings. The van der Waals surface area contributed by atoms with E-state index in [1.165, 1.54) is 231 Å². The van der Waals surface area contributed by atoms with Crippen molar-refractivity contribution in [3.63, 3.8) is 0 Å². The largest absolute Gasteiger partial charge is 0.472 e. The number of rotatable bonds is 81. The van der Waals surface area contributed by atoms with E-state index in [4.69, 9.17) is 37.0 Å². The maximum absolute atomic E-state index is 13.1. The van der Waals surface area contributed by atoms with Crippen molar-refractivity contribution in [1.82, 2.24) is 0 Å². The lowest BCUT2D eigenvalue weighted by atomic mass is 9.99. The summed E-state index contributed by atoms with van der Waals surface area (Å²) in [6.45, 7) is 14.3. The van der Waals surface area contributed by atoms with Gasteiger partial charge in [0.1, 0.15) is 19.3 Å². The van der Waals surface area contributed by atoms with Crippen LogP contribution in [0.15, 0.2) is 0 Å². The predicted octanol–water partition coefficient (Wildman–Crippen LogP) is 25.2. The minimum Gasteiger partial charge on any atom is -0.462 e. The summed E-state index contributed by atoms with van der Waals surface area (Å²) in [5.41, 5.74) is 0. The normalized spacial score (nSPS) is 14.8. The molecular formula is C84H164O17P2. The molecule has 17 nitrogen and oxygen atoms in total. The molecule has 0 heterocycles. The van der Waals surface area contributed by atoms with Gasteiger partial charge in [-0.2, -0.15) is 0 Å². The lowest BCUT2D eigenvalue weighted by molar-refractivity contribution is -0.161. The number of phosphoric ester groups is 2. The summed E-state index contributed by atoms with van der Waals surface area (Å²) >= 11 is 0. The molecule has 0 aliphatic carbocycles. The molecule has 0 saturated carbocycles. The van der Waals surface area contributed by atoms with Gasteiger partial charge in [0, 0.05) is 25.7 Å². The van der Waals surface area contributed by atoms with Crippen LogP contribution in [0.4, 0.5) is 0 Å². The molecule has 0 saturated heterocycles. The zero-order valence-electron chi connectivity index (χ0n) is 68.0. The van der Waals surface area contributed by atoms with E-state index in [1.54, 1.807) is 0 Å². The van der Waals surface area contributed by atoms with E-state index in [2.05, 4.69) is 55.4 Å². The first-order valence-corrected chi connectivity index (χ1v) is 46.3. The summed E-state index contributed by atoms with van der Waals surface area (Å²) in [7, 11) is -9.93. The van der Waals surface area contributed by atoms with Gasteiger partial charge < -0.3 is 33.8 Å². The van der Waals surface area contributed by atoms with E-state index in [1.807, 2.05) is 0 Å².